The van der Waals surface area contributed by atoms with Crippen LogP contribution < -0.4 is 10.1 Å². The number of methoxy groups -OCH3 is 1. The molecule has 0 bridgehead atoms. The first-order chi connectivity index (χ1) is 18.5. The van der Waals surface area contributed by atoms with Gasteiger partial charge in [-0.3, -0.25) is 9.59 Å². The number of benzene rings is 4. The lowest BCUT2D eigenvalue weighted by molar-refractivity contribution is -0.141. The molecule has 1 unspecified atom stereocenters. The number of hydrogen-bond acceptors (Lipinski definition) is 3. The van der Waals surface area contributed by atoms with Gasteiger partial charge in [-0.15, -0.1) is 0 Å². The highest BCUT2D eigenvalue weighted by Crippen LogP contribution is 2.25. The second-order valence-electron chi connectivity index (χ2n) is 9.01. The molecule has 194 valence electrons. The fourth-order valence-corrected chi connectivity index (χ4v) is 4.44. The smallest absolute Gasteiger partial charge is 0.247 e. The number of halogens is 1. The Morgan fingerprint density at radius 1 is 0.789 bits per heavy atom. The van der Waals surface area contributed by atoms with E-state index >= 15 is 0 Å². The molecule has 0 fully saturated rings. The Morgan fingerprint density at radius 3 is 2.03 bits per heavy atom. The van der Waals surface area contributed by atoms with Gasteiger partial charge in [-0.25, -0.2) is 0 Å². The van der Waals surface area contributed by atoms with E-state index < -0.39 is 6.04 Å². The van der Waals surface area contributed by atoms with Gasteiger partial charge in [0.05, 0.1) is 13.5 Å². The largest absolute Gasteiger partial charge is 0.497 e. The zero-order valence-electron chi connectivity index (χ0n) is 21.3. The minimum Gasteiger partial charge on any atom is -0.497 e. The molecule has 0 aliphatic carbocycles. The van der Waals surface area contributed by atoms with E-state index in [0.29, 0.717) is 24.5 Å². The Hall–Kier alpha value is -4.09. The molecule has 4 aromatic rings. The van der Waals surface area contributed by atoms with Crippen LogP contribution in [0, 0.1) is 0 Å². The van der Waals surface area contributed by atoms with E-state index in [0.717, 1.165) is 28.0 Å². The van der Waals surface area contributed by atoms with E-state index in [1.165, 1.54) is 0 Å². The number of nitrogens with one attached hydrogen (secondary N) is 1. The molecule has 38 heavy (non-hydrogen) atoms. The summed E-state index contributed by atoms with van der Waals surface area (Å²) in [6.07, 6.45) is 0.821. The Morgan fingerprint density at radius 2 is 1.39 bits per heavy atom. The van der Waals surface area contributed by atoms with Crippen molar-refractivity contribution in [2.75, 3.05) is 13.7 Å². The van der Waals surface area contributed by atoms with Crippen molar-refractivity contribution in [1.82, 2.24) is 10.2 Å². The molecule has 4 aromatic carbocycles. The maximum Gasteiger partial charge on any atom is 0.247 e. The van der Waals surface area contributed by atoms with Gasteiger partial charge < -0.3 is 15.0 Å². The van der Waals surface area contributed by atoms with E-state index in [-0.39, 0.29) is 18.2 Å². The minimum atomic E-state index is -0.785. The van der Waals surface area contributed by atoms with Crippen molar-refractivity contribution in [2.45, 2.75) is 25.4 Å². The third kappa shape index (κ3) is 7.46. The first-order valence-electron chi connectivity index (χ1n) is 12.6. The molecule has 0 spiro atoms. The number of ether oxygens (including phenoxy) is 1. The molecular formula is C32H31ClN2O3. The van der Waals surface area contributed by atoms with E-state index in [9.17, 15) is 9.59 Å². The number of carbonyl (C=O) groups is 2. The molecule has 0 saturated heterocycles. The molecular weight excluding hydrogens is 496 g/mol. The van der Waals surface area contributed by atoms with Gasteiger partial charge in [0.1, 0.15) is 11.8 Å². The Labute approximate surface area is 229 Å². The van der Waals surface area contributed by atoms with Crippen LogP contribution >= 0.6 is 11.6 Å². The van der Waals surface area contributed by atoms with Crippen LogP contribution in [-0.2, 0) is 29.0 Å². The van der Waals surface area contributed by atoms with Crippen molar-refractivity contribution in [3.63, 3.8) is 0 Å². The number of amides is 2. The maximum atomic E-state index is 13.8. The summed E-state index contributed by atoms with van der Waals surface area (Å²) < 4.78 is 5.22. The fourth-order valence-electron chi connectivity index (χ4n) is 4.31. The summed E-state index contributed by atoms with van der Waals surface area (Å²) in [5.41, 5.74) is 3.63. The molecule has 5 nitrogen and oxygen atoms in total. The molecule has 1 atom stereocenters. The summed E-state index contributed by atoms with van der Waals surface area (Å²) in [6.45, 7) is 0.748. The van der Waals surface area contributed by atoms with Gasteiger partial charge in [0.2, 0.25) is 11.8 Å². The van der Waals surface area contributed by atoms with Gasteiger partial charge in [0, 0.05) is 18.1 Å². The summed E-state index contributed by atoms with van der Waals surface area (Å²) >= 11 is 6.04. The first-order valence-corrected chi connectivity index (χ1v) is 12.9. The zero-order chi connectivity index (χ0) is 26.7. The van der Waals surface area contributed by atoms with Crippen molar-refractivity contribution >= 4 is 23.4 Å². The summed E-state index contributed by atoms with van der Waals surface area (Å²) in [4.78, 5) is 29.2. The fraction of sp³-hybridized carbons (Fsp3) is 0.188. The summed E-state index contributed by atoms with van der Waals surface area (Å²) in [5, 5.41) is 3.68. The number of rotatable bonds is 11. The lowest BCUT2D eigenvalue weighted by atomic mass is 10.0. The predicted octanol–water partition coefficient (Wildman–Crippen LogP) is 6.02. The number of nitrogens with zero attached hydrogens (tertiary/aromatic N) is 1. The second kappa shape index (κ2) is 13.5. The van der Waals surface area contributed by atoms with E-state index in [2.05, 4.69) is 5.32 Å². The van der Waals surface area contributed by atoms with Crippen LogP contribution in [-0.4, -0.2) is 30.4 Å². The zero-order valence-corrected chi connectivity index (χ0v) is 22.1. The molecule has 0 heterocycles. The monoisotopic (exact) mass is 526 g/mol. The van der Waals surface area contributed by atoms with Crippen LogP contribution in [0.1, 0.15) is 28.3 Å². The van der Waals surface area contributed by atoms with Crippen LogP contribution in [0.15, 0.2) is 109 Å². The molecule has 0 saturated carbocycles. The molecule has 2 amide bonds. The third-order valence-corrected chi connectivity index (χ3v) is 6.58. The average Bonchev–Trinajstić information content (AvgIpc) is 2.95. The van der Waals surface area contributed by atoms with E-state index in [1.807, 2.05) is 97.1 Å². The normalized spacial score (nSPS) is 11.4. The lowest BCUT2D eigenvalue weighted by Crippen LogP contribution is -2.44. The number of hydrogen-bond donors (Lipinski definition) is 1. The Balaban J connectivity index is 1.58. The standard InChI is InChI=1S/C32H31ClN2O3/c1-38-29-18-14-24(15-19-29)20-21-34-32(37)31(27-10-6-3-7-11-27)35(23-26-8-4-2-5-9-26)30(36)22-25-12-16-28(33)17-13-25/h2-19,31H,20-23H2,1H3,(H,34,37). The van der Waals surface area contributed by atoms with Crippen molar-refractivity contribution in [2.24, 2.45) is 0 Å². The van der Waals surface area contributed by atoms with Crippen molar-refractivity contribution in [1.29, 1.82) is 0 Å². The predicted molar refractivity (Wildman–Crippen MR) is 151 cm³/mol. The maximum absolute atomic E-state index is 13.8. The van der Waals surface area contributed by atoms with Gasteiger partial charge in [0.15, 0.2) is 0 Å². The summed E-state index contributed by atoms with van der Waals surface area (Å²) in [6, 6.07) is 33.4. The molecule has 6 heteroatoms. The van der Waals surface area contributed by atoms with Gasteiger partial charge in [-0.05, 0) is 52.9 Å². The van der Waals surface area contributed by atoms with Gasteiger partial charge in [-0.1, -0.05) is 96.5 Å². The van der Waals surface area contributed by atoms with Gasteiger partial charge >= 0.3 is 0 Å². The van der Waals surface area contributed by atoms with E-state index in [4.69, 9.17) is 16.3 Å². The van der Waals surface area contributed by atoms with Crippen molar-refractivity contribution < 1.29 is 14.3 Å². The molecule has 1 N–H and O–H groups in total. The molecule has 0 radical (unpaired) electrons. The topological polar surface area (TPSA) is 58.6 Å². The Bertz CT molecular complexity index is 1310. The average molecular weight is 527 g/mol. The highest BCUT2D eigenvalue weighted by atomic mass is 35.5. The van der Waals surface area contributed by atoms with Crippen molar-refractivity contribution in [3.8, 4) is 5.75 Å². The minimum absolute atomic E-state index is 0.143. The molecule has 0 aliphatic heterocycles. The molecule has 0 aromatic heterocycles. The van der Waals surface area contributed by atoms with Crippen LogP contribution in [0.5, 0.6) is 5.75 Å². The van der Waals surface area contributed by atoms with E-state index in [1.54, 1.807) is 24.1 Å². The summed E-state index contributed by atoms with van der Waals surface area (Å²) in [5.74, 6) is 0.429. The van der Waals surface area contributed by atoms with Crippen LogP contribution in [0.3, 0.4) is 0 Å². The third-order valence-electron chi connectivity index (χ3n) is 6.33. The number of carbonyl (C=O) groups excluding carboxylic acids is 2. The second-order valence-corrected chi connectivity index (χ2v) is 9.45. The molecule has 4 rings (SSSR count). The Kier molecular flexibility index (Phi) is 9.54. The van der Waals surface area contributed by atoms with Gasteiger partial charge in [-0.2, -0.15) is 0 Å². The highest BCUT2D eigenvalue weighted by molar-refractivity contribution is 6.30. The molecule has 0 aliphatic rings. The van der Waals surface area contributed by atoms with Crippen LogP contribution in [0.4, 0.5) is 0 Å². The van der Waals surface area contributed by atoms with Crippen LogP contribution in [0.25, 0.3) is 0 Å². The SMILES string of the molecule is COc1ccc(CCNC(=O)C(c2ccccc2)N(Cc2ccccc2)C(=O)Cc2ccc(Cl)cc2)cc1. The van der Waals surface area contributed by atoms with Crippen molar-refractivity contribution in [3.05, 3.63) is 136 Å². The first kappa shape index (κ1) is 27.0. The quantitative estimate of drug-likeness (QED) is 0.260. The lowest BCUT2D eigenvalue weighted by Gasteiger charge is -2.32. The highest BCUT2D eigenvalue weighted by Gasteiger charge is 2.31. The summed E-state index contributed by atoms with van der Waals surface area (Å²) in [7, 11) is 1.63. The van der Waals surface area contributed by atoms with Gasteiger partial charge in [0.25, 0.3) is 0 Å². The van der Waals surface area contributed by atoms with Crippen LogP contribution in [0.2, 0.25) is 5.02 Å².